The Bertz CT molecular complexity index is 432. The lowest BCUT2D eigenvalue weighted by atomic mass is 9.83. The second-order valence-corrected chi connectivity index (χ2v) is 6.73. The van der Waals surface area contributed by atoms with Gasteiger partial charge in [-0.15, -0.1) is 0 Å². The zero-order chi connectivity index (χ0) is 15.1. The first-order valence-electron chi connectivity index (χ1n) is 8.27. The minimum absolute atomic E-state index is 0.510. The number of anilines is 2. The summed E-state index contributed by atoms with van der Waals surface area (Å²) in [7, 11) is 0. The van der Waals surface area contributed by atoms with Crippen molar-refractivity contribution in [3.05, 3.63) is 10.7 Å². The molecular formula is C16H27BrN4. The van der Waals surface area contributed by atoms with Gasteiger partial charge in [-0.25, -0.2) is 4.98 Å². The van der Waals surface area contributed by atoms with Crippen LogP contribution in [0.5, 0.6) is 0 Å². The third-order valence-electron chi connectivity index (χ3n) is 4.26. The lowest BCUT2D eigenvalue weighted by Gasteiger charge is -2.30. The highest BCUT2D eigenvalue weighted by Gasteiger charge is 2.23. The van der Waals surface area contributed by atoms with E-state index in [4.69, 9.17) is 0 Å². The van der Waals surface area contributed by atoms with E-state index in [0.29, 0.717) is 12.0 Å². The van der Waals surface area contributed by atoms with Crippen LogP contribution in [0.15, 0.2) is 10.7 Å². The molecule has 1 atom stereocenters. The van der Waals surface area contributed by atoms with Crippen LogP contribution in [0.3, 0.4) is 0 Å². The third-order valence-corrected chi connectivity index (χ3v) is 4.84. The highest BCUT2D eigenvalue weighted by molar-refractivity contribution is 9.10. The van der Waals surface area contributed by atoms with Gasteiger partial charge in [0.05, 0.1) is 4.47 Å². The van der Waals surface area contributed by atoms with Gasteiger partial charge in [-0.3, -0.25) is 0 Å². The van der Waals surface area contributed by atoms with E-state index in [1.165, 1.54) is 32.1 Å². The molecule has 1 aromatic rings. The van der Waals surface area contributed by atoms with Crippen LogP contribution in [0.4, 0.5) is 11.8 Å². The molecule has 1 unspecified atom stereocenters. The first kappa shape index (κ1) is 16.5. The van der Waals surface area contributed by atoms with Crippen molar-refractivity contribution in [2.45, 2.75) is 64.8 Å². The molecule has 2 rings (SSSR count). The van der Waals surface area contributed by atoms with E-state index in [9.17, 15) is 0 Å². The maximum Gasteiger partial charge on any atom is 0.224 e. The maximum atomic E-state index is 4.61. The number of rotatable bonds is 7. The predicted molar refractivity (Wildman–Crippen MR) is 92.8 cm³/mol. The van der Waals surface area contributed by atoms with Crippen molar-refractivity contribution in [3.8, 4) is 0 Å². The van der Waals surface area contributed by atoms with Crippen LogP contribution in [-0.2, 0) is 0 Å². The Hall–Kier alpha value is -0.840. The summed E-state index contributed by atoms with van der Waals surface area (Å²) in [4.78, 5) is 8.93. The van der Waals surface area contributed by atoms with E-state index in [1.54, 1.807) is 0 Å². The van der Waals surface area contributed by atoms with Gasteiger partial charge in [0.25, 0.3) is 0 Å². The molecule has 0 saturated heterocycles. The quantitative estimate of drug-likeness (QED) is 0.735. The molecule has 1 saturated carbocycles. The van der Waals surface area contributed by atoms with Crippen LogP contribution in [0.1, 0.15) is 58.8 Å². The summed E-state index contributed by atoms with van der Waals surface area (Å²) in [6.45, 7) is 5.31. The second-order valence-electron chi connectivity index (χ2n) is 5.87. The molecule has 0 aliphatic heterocycles. The Morgan fingerprint density at radius 1 is 1.29 bits per heavy atom. The van der Waals surface area contributed by atoms with Gasteiger partial charge in [-0.2, -0.15) is 4.98 Å². The Kier molecular flexibility index (Phi) is 6.74. The molecule has 0 aromatic carbocycles. The van der Waals surface area contributed by atoms with Gasteiger partial charge in [-0.1, -0.05) is 33.1 Å². The predicted octanol–water partition coefficient (Wildman–Crippen LogP) is 4.83. The Labute approximate surface area is 136 Å². The third kappa shape index (κ3) is 4.83. The van der Waals surface area contributed by atoms with Crippen LogP contribution in [0, 0.1) is 5.92 Å². The fraction of sp³-hybridized carbons (Fsp3) is 0.750. The van der Waals surface area contributed by atoms with Crippen LogP contribution in [-0.4, -0.2) is 22.6 Å². The molecule has 2 N–H and O–H groups in total. The first-order valence-corrected chi connectivity index (χ1v) is 9.06. The van der Waals surface area contributed by atoms with Crippen molar-refractivity contribution < 1.29 is 0 Å². The van der Waals surface area contributed by atoms with Crippen LogP contribution >= 0.6 is 15.9 Å². The van der Waals surface area contributed by atoms with Crippen molar-refractivity contribution in [2.24, 2.45) is 5.92 Å². The maximum absolute atomic E-state index is 4.61. The number of aromatic nitrogens is 2. The summed E-state index contributed by atoms with van der Waals surface area (Å²) < 4.78 is 0.943. The van der Waals surface area contributed by atoms with Gasteiger partial charge < -0.3 is 10.6 Å². The van der Waals surface area contributed by atoms with Gasteiger partial charge in [0.15, 0.2) is 0 Å². The normalized spacial score (nSPS) is 17.5. The largest absolute Gasteiger partial charge is 0.366 e. The molecule has 5 heteroatoms. The summed E-state index contributed by atoms with van der Waals surface area (Å²) in [6.07, 6.45) is 10.9. The zero-order valence-electron chi connectivity index (χ0n) is 13.2. The van der Waals surface area contributed by atoms with Crippen molar-refractivity contribution >= 4 is 27.7 Å². The average Bonchev–Trinajstić information content (AvgIpc) is 2.53. The molecule has 0 bridgehead atoms. The van der Waals surface area contributed by atoms with E-state index >= 15 is 0 Å². The molecule has 21 heavy (non-hydrogen) atoms. The van der Waals surface area contributed by atoms with E-state index < -0.39 is 0 Å². The Morgan fingerprint density at radius 3 is 2.71 bits per heavy atom. The lowest BCUT2D eigenvalue weighted by molar-refractivity contribution is 0.312. The summed E-state index contributed by atoms with van der Waals surface area (Å²) in [6, 6.07) is 0.510. The molecular weight excluding hydrogens is 328 g/mol. The second kappa shape index (κ2) is 8.57. The number of hydrogen-bond donors (Lipinski definition) is 2. The molecule has 1 heterocycles. The molecule has 0 radical (unpaired) electrons. The zero-order valence-corrected chi connectivity index (χ0v) is 14.7. The lowest BCUT2D eigenvalue weighted by Crippen LogP contribution is -2.30. The van der Waals surface area contributed by atoms with Crippen molar-refractivity contribution in [1.29, 1.82) is 0 Å². The van der Waals surface area contributed by atoms with Gasteiger partial charge in [0.1, 0.15) is 5.82 Å². The Morgan fingerprint density at radius 2 is 2.05 bits per heavy atom. The number of nitrogens with one attached hydrogen (secondary N) is 2. The molecule has 118 valence electrons. The van der Waals surface area contributed by atoms with E-state index in [1.807, 2.05) is 6.20 Å². The smallest absolute Gasteiger partial charge is 0.224 e. The minimum Gasteiger partial charge on any atom is -0.366 e. The SMILES string of the molecule is CCCNc1ncc(Br)c(NC(CC)C2CCCCC2)n1. The highest BCUT2D eigenvalue weighted by Crippen LogP contribution is 2.31. The number of hydrogen-bond acceptors (Lipinski definition) is 4. The summed E-state index contributed by atoms with van der Waals surface area (Å²) in [5, 5.41) is 6.90. The fourth-order valence-corrected chi connectivity index (χ4v) is 3.36. The Balaban J connectivity index is 2.04. The first-order chi connectivity index (χ1) is 10.2. The standard InChI is InChI=1S/C16H27BrN4/c1-3-10-18-16-19-11-13(17)15(21-16)20-14(4-2)12-8-6-5-7-9-12/h11-12,14H,3-10H2,1-2H3,(H2,18,19,20,21). The van der Waals surface area contributed by atoms with Gasteiger partial charge in [0, 0.05) is 18.8 Å². The molecule has 1 aliphatic carbocycles. The van der Waals surface area contributed by atoms with Crippen LogP contribution < -0.4 is 10.6 Å². The number of nitrogens with zero attached hydrogens (tertiary/aromatic N) is 2. The van der Waals surface area contributed by atoms with Crippen molar-refractivity contribution in [2.75, 3.05) is 17.2 Å². The van der Waals surface area contributed by atoms with E-state index in [-0.39, 0.29) is 0 Å². The van der Waals surface area contributed by atoms with E-state index in [2.05, 4.69) is 50.4 Å². The van der Waals surface area contributed by atoms with Crippen LogP contribution in [0.25, 0.3) is 0 Å². The van der Waals surface area contributed by atoms with Crippen molar-refractivity contribution in [3.63, 3.8) is 0 Å². The minimum atomic E-state index is 0.510. The molecule has 1 aliphatic rings. The fourth-order valence-electron chi connectivity index (χ4n) is 3.06. The van der Waals surface area contributed by atoms with Crippen molar-refractivity contribution in [1.82, 2.24) is 9.97 Å². The van der Waals surface area contributed by atoms with Crippen LogP contribution in [0.2, 0.25) is 0 Å². The topological polar surface area (TPSA) is 49.8 Å². The molecule has 4 nitrogen and oxygen atoms in total. The highest BCUT2D eigenvalue weighted by atomic mass is 79.9. The molecule has 0 amide bonds. The average molecular weight is 355 g/mol. The molecule has 1 fully saturated rings. The number of halogens is 1. The monoisotopic (exact) mass is 354 g/mol. The van der Waals surface area contributed by atoms with Gasteiger partial charge >= 0.3 is 0 Å². The summed E-state index contributed by atoms with van der Waals surface area (Å²) in [5.41, 5.74) is 0. The molecule has 0 spiro atoms. The van der Waals surface area contributed by atoms with Gasteiger partial charge in [0.2, 0.25) is 5.95 Å². The van der Waals surface area contributed by atoms with Gasteiger partial charge in [-0.05, 0) is 47.5 Å². The summed E-state index contributed by atoms with van der Waals surface area (Å²) in [5.74, 6) is 2.40. The van der Waals surface area contributed by atoms with E-state index in [0.717, 1.165) is 35.6 Å². The molecule has 1 aromatic heterocycles. The summed E-state index contributed by atoms with van der Waals surface area (Å²) >= 11 is 3.57.